The maximum atomic E-state index is 12.0. The van der Waals surface area contributed by atoms with Crippen molar-refractivity contribution < 1.29 is 9.90 Å². The Labute approximate surface area is 119 Å². The number of benzene rings is 1. The summed E-state index contributed by atoms with van der Waals surface area (Å²) in [5, 5.41) is 11.9. The minimum absolute atomic E-state index is 0.0325. The van der Waals surface area contributed by atoms with Crippen LogP contribution in [0.25, 0.3) is 0 Å². The highest BCUT2D eigenvalue weighted by atomic mass is 32.2. The van der Waals surface area contributed by atoms with Crippen molar-refractivity contribution in [1.82, 2.24) is 5.32 Å². The lowest BCUT2D eigenvalue weighted by Gasteiger charge is -2.14. The fourth-order valence-corrected chi connectivity index (χ4v) is 2.58. The summed E-state index contributed by atoms with van der Waals surface area (Å²) in [5.41, 5.74) is 0.706. The van der Waals surface area contributed by atoms with E-state index in [0.717, 1.165) is 23.5 Å². The number of hydrogen-bond acceptors (Lipinski definition) is 3. The fraction of sp³-hybridized carbons (Fsp3) is 0.533. The van der Waals surface area contributed by atoms with Gasteiger partial charge in [0.2, 0.25) is 0 Å². The third-order valence-electron chi connectivity index (χ3n) is 3.07. The van der Waals surface area contributed by atoms with Crippen LogP contribution in [0.3, 0.4) is 0 Å². The second-order valence-corrected chi connectivity index (χ2v) is 5.79. The van der Waals surface area contributed by atoms with Crippen LogP contribution >= 0.6 is 11.8 Å². The summed E-state index contributed by atoms with van der Waals surface area (Å²) in [7, 11) is 0. The third-order valence-corrected chi connectivity index (χ3v) is 3.95. The van der Waals surface area contributed by atoms with E-state index in [4.69, 9.17) is 5.11 Å². The lowest BCUT2D eigenvalue weighted by molar-refractivity contribution is 0.0943. The lowest BCUT2D eigenvalue weighted by atomic mass is 10.0. The normalized spacial score (nSPS) is 12.2. The average molecular weight is 281 g/mol. The molecule has 1 unspecified atom stereocenters. The third kappa shape index (κ3) is 5.66. The molecule has 0 heterocycles. The molecule has 106 valence electrons. The van der Waals surface area contributed by atoms with Crippen molar-refractivity contribution in [2.45, 2.75) is 31.6 Å². The summed E-state index contributed by atoms with van der Waals surface area (Å²) in [5.74, 6) is 1.32. The highest BCUT2D eigenvalue weighted by Crippen LogP contribution is 2.18. The topological polar surface area (TPSA) is 49.3 Å². The zero-order valence-electron chi connectivity index (χ0n) is 11.7. The molecule has 0 bridgehead atoms. The van der Waals surface area contributed by atoms with Gasteiger partial charge in [0.05, 0.1) is 0 Å². The minimum atomic E-state index is -0.0325. The Balaban J connectivity index is 2.55. The molecule has 0 saturated carbocycles. The quantitative estimate of drug-likeness (QED) is 0.720. The van der Waals surface area contributed by atoms with Crippen molar-refractivity contribution in [1.29, 1.82) is 0 Å². The number of carbonyl (C=O) groups excluding carboxylic acids is 1. The van der Waals surface area contributed by atoms with Gasteiger partial charge in [-0.1, -0.05) is 26.3 Å². The van der Waals surface area contributed by atoms with Gasteiger partial charge in [0.25, 0.3) is 5.91 Å². The van der Waals surface area contributed by atoms with Crippen LogP contribution < -0.4 is 5.32 Å². The number of nitrogens with one attached hydrogen (secondary N) is 1. The summed E-state index contributed by atoms with van der Waals surface area (Å²) in [6, 6.07) is 7.70. The van der Waals surface area contributed by atoms with E-state index in [0.29, 0.717) is 18.0 Å². The van der Waals surface area contributed by atoms with Crippen molar-refractivity contribution >= 4 is 17.7 Å². The van der Waals surface area contributed by atoms with E-state index < -0.39 is 0 Å². The molecule has 0 radical (unpaired) electrons. The molecule has 3 nitrogen and oxygen atoms in total. The molecule has 1 rings (SSSR count). The second kappa shape index (κ2) is 8.99. The molecule has 0 aliphatic carbocycles. The van der Waals surface area contributed by atoms with Gasteiger partial charge in [-0.2, -0.15) is 0 Å². The van der Waals surface area contributed by atoms with Gasteiger partial charge in [-0.3, -0.25) is 4.79 Å². The molecule has 0 aromatic heterocycles. The van der Waals surface area contributed by atoms with E-state index in [1.807, 2.05) is 24.3 Å². The Morgan fingerprint density at radius 3 is 2.84 bits per heavy atom. The van der Waals surface area contributed by atoms with Crippen molar-refractivity contribution in [2.24, 2.45) is 5.92 Å². The molecule has 1 aromatic carbocycles. The highest BCUT2D eigenvalue weighted by Gasteiger charge is 2.10. The molecule has 1 aromatic rings. The molecular formula is C15H23NO2S. The zero-order chi connectivity index (χ0) is 14.1. The predicted octanol–water partition coefficient (Wildman–Crippen LogP) is 2.94. The molecule has 4 heteroatoms. The van der Waals surface area contributed by atoms with Gasteiger partial charge in [0, 0.05) is 23.6 Å². The van der Waals surface area contributed by atoms with E-state index in [1.54, 1.807) is 11.8 Å². The maximum absolute atomic E-state index is 12.0. The Hall–Kier alpha value is -1.00. The van der Waals surface area contributed by atoms with E-state index >= 15 is 0 Å². The summed E-state index contributed by atoms with van der Waals surface area (Å²) in [6.45, 7) is 4.97. The molecule has 19 heavy (non-hydrogen) atoms. The van der Waals surface area contributed by atoms with Crippen LogP contribution in [-0.2, 0) is 0 Å². The van der Waals surface area contributed by atoms with Crippen molar-refractivity contribution in [3.63, 3.8) is 0 Å². The highest BCUT2D eigenvalue weighted by molar-refractivity contribution is 7.99. The Morgan fingerprint density at radius 1 is 1.42 bits per heavy atom. The molecule has 0 fully saturated rings. The SMILES string of the molecule is CCSc1cccc(C(=O)NCC(CC)CCO)c1. The largest absolute Gasteiger partial charge is 0.396 e. The van der Waals surface area contributed by atoms with Gasteiger partial charge >= 0.3 is 0 Å². The van der Waals surface area contributed by atoms with Gasteiger partial charge in [-0.05, 0) is 36.3 Å². The Kier molecular flexibility index (Phi) is 7.60. The van der Waals surface area contributed by atoms with Crippen LogP contribution in [0.4, 0.5) is 0 Å². The van der Waals surface area contributed by atoms with Gasteiger partial charge in [0.15, 0.2) is 0 Å². The Morgan fingerprint density at radius 2 is 2.21 bits per heavy atom. The van der Waals surface area contributed by atoms with E-state index in [9.17, 15) is 4.79 Å². The van der Waals surface area contributed by atoms with Gasteiger partial charge < -0.3 is 10.4 Å². The first-order valence-electron chi connectivity index (χ1n) is 6.83. The number of thioether (sulfide) groups is 1. The molecule has 0 spiro atoms. The number of aliphatic hydroxyl groups excluding tert-OH is 1. The molecular weight excluding hydrogens is 258 g/mol. The first-order chi connectivity index (χ1) is 9.21. The predicted molar refractivity (Wildman–Crippen MR) is 80.7 cm³/mol. The first-order valence-corrected chi connectivity index (χ1v) is 7.81. The summed E-state index contributed by atoms with van der Waals surface area (Å²) < 4.78 is 0. The van der Waals surface area contributed by atoms with Crippen LogP contribution in [0.2, 0.25) is 0 Å². The molecule has 0 saturated heterocycles. The molecule has 2 N–H and O–H groups in total. The van der Waals surface area contributed by atoms with Crippen molar-refractivity contribution in [3.05, 3.63) is 29.8 Å². The number of rotatable bonds is 8. The fourth-order valence-electron chi connectivity index (χ4n) is 1.87. The smallest absolute Gasteiger partial charge is 0.251 e. The number of aliphatic hydroxyl groups is 1. The van der Waals surface area contributed by atoms with E-state index in [1.165, 1.54) is 0 Å². The number of hydrogen-bond donors (Lipinski definition) is 2. The van der Waals surface area contributed by atoms with Crippen LogP contribution in [0.5, 0.6) is 0 Å². The van der Waals surface area contributed by atoms with Gasteiger partial charge in [0.1, 0.15) is 0 Å². The van der Waals surface area contributed by atoms with Crippen molar-refractivity contribution in [3.8, 4) is 0 Å². The standard InChI is InChI=1S/C15H23NO2S/c1-3-12(8-9-17)11-16-15(18)13-6-5-7-14(10-13)19-4-2/h5-7,10,12,17H,3-4,8-9,11H2,1-2H3,(H,16,18). The lowest BCUT2D eigenvalue weighted by Crippen LogP contribution is -2.29. The second-order valence-electron chi connectivity index (χ2n) is 4.46. The van der Waals surface area contributed by atoms with Gasteiger partial charge in [-0.15, -0.1) is 11.8 Å². The minimum Gasteiger partial charge on any atom is -0.396 e. The summed E-state index contributed by atoms with van der Waals surface area (Å²) in [6.07, 6.45) is 1.70. The first kappa shape index (κ1) is 16.1. The number of carbonyl (C=O) groups is 1. The van der Waals surface area contributed by atoms with E-state index in [-0.39, 0.29) is 12.5 Å². The summed E-state index contributed by atoms with van der Waals surface area (Å²) >= 11 is 1.73. The van der Waals surface area contributed by atoms with E-state index in [2.05, 4.69) is 19.2 Å². The zero-order valence-corrected chi connectivity index (χ0v) is 12.5. The molecule has 1 amide bonds. The van der Waals surface area contributed by atoms with Crippen LogP contribution in [0.15, 0.2) is 29.2 Å². The van der Waals surface area contributed by atoms with Crippen LogP contribution in [0.1, 0.15) is 37.0 Å². The van der Waals surface area contributed by atoms with Crippen LogP contribution in [0, 0.1) is 5.92 Å². The number of amides is 1. The molecule has 0 aliphatic rings. The van der Waals surface area contributed by atoms with Crippen LogP contribution in [-0.4, -0.2) is 29.9 Å². The maximum Gasteiger partial charge on any atom is 0.251 e. The molecule has 0 aliphatic heterocycles. The van der Waals surface area contributed by atoms with Crippen molar-refractivity contribution in [2.75, 3.05) is 18.9 Å². The average Bonchev–Trinajstić information content (AvgIpc) is 2.43. The Bertz CT molecular complexity index is 395. The van der Waals surface area contributed by atoms with Gasteiger partial charge in [-0.25, -0.2) is 0 Å². The monoisotopic (exact) mass is 281 g/mol. The molecule has 1 atom stereocenters. The summed E-state index contributed by atoms with van der Waals surface area (Å²) in [4.78, 5) is 13.2.